The molecule has 0 bridgehead atoms. The van der Waals surface area contributed by atoms with Crippen LogP contribution >= 0.6 is 23.8 Å². The van der Waals surface area contributed by atoms with Crippen molar-refractivity contribution in [2.24, 2.45) is 5.73 Å². The van der Waals surface area contributed by atoms with E-state index >= 15 is 0 Å². The van der Waals surface area contributed by atoms with E-state index in [4.69, 9.17) is 34.3 Å². The highest BCUT2D eigenvalue weighted by Gasteiger charge is 2.07. The molecule has 0 aliphatic carbocycles. The zero-order valence-electron chi connectivity index (χ0n) is 9.47. The van der Waals surface area contributed by atoms with Crippen molar-refractivity contribution in [2.75, 3.05) is 0 Å². The average Bonchev–Trinajstić information content (AvgIpc) is 2.38. The second-order valence-electron chi connectivity index (χ2n) is 3.62. The van der Waals surface area contributed by atoms with Crippen molar-refractivity contribution in [3.8, 4) is 5.75 Å². The summed E-state index contributed by atoms with van der Waals surface area (Å²) < 4.78 is 5.65. The predicted molar refractivity (Wildman–Crippen MR) is 75.9 cm³/mol. The molecule has 2 N–H and O–H groups in total. The number of thiocarbonyl (C=S) groups is 1. The fraction of sp³-hybridized carbons (Fsp3) is 0.0769. The third-order valence-corrected chi connectivity index (χ3v) is 2.98. The van der Waals surface area contributed by atoms with Gasteiger partial charge in [-0.3, -0.25) is 4.98 Å². The van der Waals surface area contributed by atoms with Crippen LogP contribution in [0.15, 0.2) is 42.7 Å². The zero-order valence-corrected chi connectivity index (χ0v) is 11.0. The van der Waals surface area contributed by atoms with Crippen LogP contribution in [0.25, 0.3) is 0 Å². The first-order valence-electron chi connectivity index (χ1n) is 5.28. The largest absolute Gasteiger partial charge is 0.486 e. The van der Waals surface area contributed by atoms with E-state index in [2.05, 4.69) is 4.98 Å². The molecule has 0 saturated carbocycles. The molecule has 5 heteroatoms. The summed E-state index contributed by atoms with van der Waals surface area (Å²) in [5, 5.41) is 0.665. The molecular formula is C13H11ClN2OS. The van der Waals surface area contributed by atoms with Crippen molar-refractivity contribution in [2.45, 2.75) is 6.61 Å². The van der Waals surface area contributed by atoms with Crippen LogP contribution in [-0.4, -0.2) is 9.97 Å². The number of benzene rings is 1. The Bertz CT molecular complexity index is 574. The Morgan fingerprint density at radius 2 is 2.11 bits per heavy atom. The van der Waals surface area contributed by atoms with Gasteiger partial charge in [-0.1, -0.05) is 42.0 Å². The molecule has 0 amide bonds. The van der Waals surface area contributed by atoms with Crippen LogP contribution < -0.4 is 10.5 Å². The zero-order chi connectivity index (χ0) is 13.0. The first-order valence-corrected chi connectivity index (χ1v) is 6.07. The summed E-state index contributed by atoms with van der Waals surface area (Å²) in [5.74, 6) is 0.560. The molecule has 2 rings (SSSR count). The Morgan fingerprint density at radius 3 is 2.83 bits per heavy atom. The molecule has 1 aromatic carbocycles. The van der Waals surface area contributed by atoms with Gasteiger partial charge in [-0.2, -0.15) is 0 Å². The summed E-state index contributed by atoms with van der Waals surface area (Å²) in [4.78, 5) is 4.27. The van der Waals surface area contributed by atoms with Crippen LogP contribution in [0.1, 0.15) is 11.1 Å². The summed E-state index contributed by atoms with van der Waals surface area (Å²) in [6.45, 7) is 0.348. The van der Waals surface area contributed by atoms with E-state index < -0.39 is 0 Å². The highest BCUT2D eigenvalue weighted by Crippen LogP contribution is 2.20. The Hall–Kier alpha value is -1.65. The molecule has 1 heterocycles. The van der Waals surface area contributed by atoms with Gasteiger partial charge >= 0.3 is 0 Å². The minimum atomic E-state index is 0.284. The maximum Gasteiger partial charge on any atom is 0.148 e. The molecule has 0 spiro atoms. The van der Waals surface area contributed by atoms with E-state index in [-0.39, 0.29) is 4.99 Å². The van der Waals surface area contributed by atoms with E-state index in [0.29, 0.717) is 22.9 Å². The van der Waals surface area contributed by atoms with Crippen molar-refractivity contribution < 1.29 is 4.74 Å². The molecule has 18 heavy (non-hydrogen) atoms. The molecule has 2 aromatic rings. The molecule has 0 aliphatic heterocycles. The molecule has 0 unspecified atom stereocenters. The van der Waals surface area contributed by atoms with Crippen LogP contribution in [-0.2, 0) is 6.61 Å². The van der Waals surface area contributed by atoms with Crippen LogP contribution in [0.5, 0.6) is 5.75 Å². The molecule has 0 aliphatic rings. The first kappa shape index (κ1) is 12.8. The molecule has 0 saturated heterocycles. The van der Waals surface area contributed by atoms with Gasteiger partial charge in [0.25, 0.3) is 0 Å². The van der Waals surface area contributed by atoms with Crippen molar-refractivity contribution >= 4 is 28.8 Å². The van der Waals surface area contributed by atoms with Crippen LogP contribution in [0.3, 0.4) is 0 Å². The predicted octanol–water partition coefficient (Wildman–Crippen LogP) is 2.95. The minimum absolute atomic E-state index is 0.284. The van der Waals surface area contributed by atoms with Crippen LogP contribution in [0, 0.1) is 0 Å². The second kappa shape index (κ2) is 5.80. The maximum atomic E-state index is 6.05. The van der Waals surface area contributed by atoms with Gasteiger partial charge in [0.05, 0.1) is 11.8 Å². The first-order chi connectivity index (χ1) is 8.68. The van der Waals surface area contributed by atoms with Crippen molar-refractivity contribution in [3.05, 3.63) is 58.9 Å². The number of ether oxygens (including phenoxy) is 1. The summed E-state index contributed by atoms with van der Waals surface area (Å²) in [6.07, 6.45) is 3.21. The lowest BCUT2D eigenvalue weighted by molar-refractivity contribution is 0.304. The van der Waals surface area contributed by atoms with Gasteiger partial charge in [-0.25, -0.2) is 0 Å². The molecule has 0 radical (unpaired) electrons. The number of aromatic nitrogens is 1. The SMILES string of the molecule is NC(=S)c1ccncc1OCc1ccccc1Cl. The third-order valence-electron chi connectivity index (χ3n) is 2.39. The molecule has 1 aromatic heterocycles. The Kier molecular flexibility index (Phi) is 4.12. The summed E-state index contributed by atoms with van der Waals surface area (Å²) in [7, 11) is 0. The van der Waals surface area contributed by atoms with Gasteiger partial charge in [0.1, 0.15) is 17.3 Å². The quantitative estimate of drug-likeness (QED) is 0.874. The summed E-state index contributed by atoms with van der Waals surface area (Å²) >= 11 is 11.0. The monoisotopic (exact) mass is 278 g/mol. The van der Waals surface area contributed by atoms with E-state index in [1.165, 1.54) is 0 Å². The van der Waals surface area contributed by atoms with Crippen LogP contribution in [0.2, 0.25) is 5.02 Å². The van der Waals surface area contributed by atoms with Gasteiger partial charge in [-0.15, -0.1) is 0 Å². The lowest BCUT2D eigenvalue weighted by Crippen LogP contribution is -2.12. The number of hydrogen-bond acceptors (Lipinski definition) is 3. The van der Waals surface area contributed by atoms with Crippen molar-refractivity contribution in [3.63, 3.8) is 0 Å². The molecule has 0 atom stereocenters. The van der Waals surface area contributed by atoms with E-state index in [0.717, 1.165) is 5.56 Å². The molecule has 92 valence electrons. The Labute approximate surface area is 116 Å². The molecule has 3 nitrogen and oxygen atoms in total. The number of halogens is 1. The number of nitrogens with zero attached hydrogens (tertiary/aromatic N) is 1. The highest BCUT2D eigenvalue weighted by molar-refractivity contribution is 7.80. The fourth-order valence-electron chi connectivity index (χ4n) is 1.47. The van der Waals surface area contributed by atoms with E-state index in [9.17, 15) is 0 Å². The van der Waals surface area contributed by atoms with Gasteiger partial charge in [0, 0.05) is 16.8 Å². The average molecular weight is 279 g/mol. The Morgan fingerprint density at radius 1 is 1.33 bits per heavy atom. The standard InChI is InChI=1S/C13H11ClN2OS/c14-11-4-2-1-3-9(11)8-17-12-7-16-6-5-10(12)13(15)18/h1-7H,8H2,(H2,15,18). The molecular weight excluding hydrogens is 268 g/mol. The number of hydrogen-bond donors (Lipinski definition) is 1. The van der Waals surface area contributed by atoms with Gasteiger partial charge in [0.15, 0.2) is 0 Å². The van der Waals surface area contributed by atoms with Gasteiger partial charge in [0.2, 0.25) is 0 Å². The van der Waals surface area contributed by atoms with E-state index in [1.54, 1.807) is 18.5 Å². The molecule has 0 fully saturated rings. The topological polar surface area (TPSA) is 48.1 Å². The lowest BCUT2D eigenvalue weighted by atomic mass is 10.2. The summed E-state index contributed by atoms with van der Waals surface area (Å²) in [5.41, 5.74) is 7.18. The lowest BCUT2D eigenvalue weighted by Gasteiger charge is -2.10. The van der Waals surface area contributed by atoms with Crippen molar-refractivity contribution in [1.82, 2.24) is 4.98 Å². The van der Waals surface area contributed by atoms with Gasteiger partial charge < -0.3 is 10.5 Å². The summed E-state index contributed by atoms with van der Waals surface area (Å²) in [6, 6.07) is 9.22. The third kappa shape index (κ3) is 2.97. The number of nitrogens with two attached hydrogens (primary N) is 1. The normalized spacial score (nSPS) is 10.1. The van der Waals surface area contributed by atoms with Gasteiger partial charge in [-0.05, 0) is 12.1 Å². The van der Waals surface area contributed by atoms with Crippen LogP contribution in [0.4, 0.5) is 0 Å². The number of pyridine rings is 1. The Balaban J connectivity index is 2.16. The highest BCUT2D eigenvalue weighted by atomic mass is 35.5. The second-order valence-corrected chi connectivity index (χ2v) is 4.46. The fourth-order valence-corrected chi connectivity index (χ4v) is 1.83. The minimum Gasteiger partial charge on any atom is -0.486 e. The number of rotatable bonds is 4. The maximum absolute atomic E-state index is 6.05. The van der Waals surface area contributed by atoms with E-state index in [1.807, 2.05) is 24.3 Å². The smallest absolute Gasteiger partial charge is 0.148 e. The van der Waals surface area contributed by atoms with Crippen molar-refractivity contribution in [1.29, 1.82) is 0 Å².